The van der Waals surface area contributed by atoms with Crippen molar-refractivity contribution in [1.82, 2.24) is 4.90 Å². The van der Waals surface area contributed by atoms with Crippen LogP contribution in [0.1, 0.15) is 34.5 Å². The first-order chi connectivity index (χ1) is 12.7. The van der Waals surface area contributed by atoms with Gasteiger partial charge in [-0.25, -0.2) is 0 Å². The van der Waals surface area contributed by atoms with Crippen LogP contribution in [0.25, 0.3) is 0 Å². The number of Topliss-reactive ketones (excluding diaryl/α,β-unsaturated/α-hetero) is 1. The van der Waals surface area contributed by atoms with Crippen molar-refractivity contribution in [1.29, 1.82) is 1.43 Å². The minimum atomic E-state index is -1.95. The van der Waals surface area contributed by atoms with Gasteiger partial charge in [-0.1, -0.05) is 6.07 Å². The van der Waals surface area contributed by atoms with E-state index in [0.29, 0.717) is 29.8 Å². The fourth-order valence-electron chi connectivity index (χ4n) is 5.02. The highest BCUT2D eigenvalue weighted by Crippen LogP contribution is 2.64. The van der Waals surface area contributed by atoms with Crippen molar-refractivity contribution < 1.29 is 23.5 Å². The summed E-state index contributed by atoms with van der Waals surface area (Å²) in [6.45, 7) is 0.475. The van der Waals surface area contributed by atoms with E-state index in [1.165, 1.54) is 7.11 Å². The molecule has 1 saturated heterocycles. The molecule has 2 fully saturated rings. The Morgan fingerprint density at radius 3 is 3.22 bits per heavy atom. The minimum absolute atomic E-state index is 0.0101. The number of benzene rings is 1. The van der Waals surface area contributed by atoms with Crippen molar-refractivity contribution in [3.05, 3.63) is 23.3 Å². The molecule has 1 spiro atoms. The number of hydrogen-bond donors (Lipinski definition) is 1. The number of nitrogens with zero attached hydrogens (tertiary/aromatic N) is 1. The van der Waals surface area contributed by atoms with E-state index in [2.05, 4.69) is 0 Å². The zero-order valence-electron chi connectivity index (χ0n) is 17.1. The van der Waals surface area contributed by atoms with Crippen LogP contribution in [0, 0.1) is 0 Å². The zero-order valence-corrected chi connectivity index (χ0v) is 13.1. The van der Waals surface area contributed by atoms with Gasteiger partial charge in [-0.15, -0.1) is 0 Å². The molecule has 1 aromatic rings. The second-order valence-corrected chi connectivity index (χ2v) is 6.95. The van der Waals surface area contributed by atoms with Crippen LogP contribution in [0.15, 0.2) is 12.1 Å². The van der Waals surface area contributed by atoms with E-state index >= 15 is 0 Å². The average Bonchev–Trinajstić information content (AvgIpc) is 2.91. The van der Waals surface area contributed by atoms with E-state index in [0.717, 1.165) is 0 Å². The Morgan fingerprint density at radius 1 is 1.57 bits per heavy atom. The maximum atomic E-state index is 13.0. The second-order valence-electron chi connectivity index (χ2n) is 6.95. The van der Waals surface area contributed by atoms with Gasteiger partial charge >= 0.3 is 0 Å². The fourth-order valence-corrected chi connectivity index (χ4v) is 5.02. The second kappa shape index (κ2) is 4.08. The molecule has 2 heterocycles. The van der Waals surface area contributed by atoms with Crippen LogP contribution < -0.4 is 9.47 Å². The lowest BCUT2D eigenvalue weighted by atomic mass is 9.49. The quantitative estimate of drug-likeness (QED) is 0.883. The Hall–Kier alpha value is -1.59. The first-order valence-electron chi connectivity index (χ1n) is 9.91. The molecule has 0 amide bonds. The van der Waals surface area contributed by atoms with E-state index in [4.69, 9.17) is 20.1 Å². The van der Waals surface area contributed by atoms with Gasteiger partial charge < -0.3 is 19.5 Å². The van der Waals surface area contributed by atoms with Crippen molar-refractivity contribution in [3.8, 4) is 11.5 Å². The van der Waals surface area contributed by atoms with Crippen molar-refractivity contribution in [3.63, 3.8) is 0 Å². The van der Waals surface area contributed by atoms with E-state index in [1.54, 1.807) is 12.1 Å². The molecular weight excluding hydrogens is 294 g/mol. The Bertz CT molecular complexity index is 879. The minimum Gasteiger partial charge on any atom is -0.493 e. The van der Waals surface area contributed by atoms with Crippen molar-refractivity contribution in [2.75, 3.05) is 20.7 Å². The van der Waals surface area contributed by atoms with E-state index in [1.807, 2.05) is 11.9 Å². The van der Waals surface area contributed by atoms with Crippen LogP contribution in [0.4, 0.5) is 0 Å². The van der Waals surface area contributed by atoms with E-state index < -0.39 is 29.5 Å². The lowest BCUT2D eigenvalue weighted by molar-refractivity contribution is -0.185. The normalized spacial score (nSPS) is 48.4. The number of ether oxygens (including phenoxy) is 2. The molecule has 4 atom stereocenters. The molecule has 5 heteroatoms. The number of aliphatic hydroxyl groups is 1. The molecule has 1 aromatic carbocycles. The number of ketones is 1. The smallest absolute Gasteiger partial charge is 0.211 e. The third-order valence-electron chi connectivity index (χ3n) is 6.07. The molecule has 4 aliphatic rings. The summed E-state index contributed by atoms with van der Waals surface area (Å²) in [5.41, 5.74) is -1.72. The fraction of sp³-hybridized carbons (Fsp3) is 0.611. The molecule has 1 saturated carbocycles. The molecule has 2 aliphatic carbocycles. The first kappa shape index (κ1) is 10.3. The lowest BCUT2D eigenvalue weighted by Crippen LogP contribution is -2.76. The Kier molecular flexibility index (Phi) is 1.83. The van der Waals surface area contributed by atoms with Crippen molar-refractivity contribution >= 4 is 5.78 Å². The number of carbonyl (C=O) groups is 1. The number of methoxy groups -OCH3 is 1. The summed E-state index contributed by atoms with van der Waals surface area (Å²) in [7, 11) is 3.28. The maximum Gasteiger partial charge on any atom is 0.211 e. The molecule has 1 N–H and O–H groups in total. The van der Waals surface area contributed by atoms with Gasteiger partial charge in [0.15, 0.2) is 23.4 Å². The van der Waals surface area contributed by atoms with Crippen molar-refractivity contribution in [2.24, 2.45) is 0 Å². The zero-order chi connectivity index (χ0) is 19.4. The maximum absolute atomic E-state index is 13.0. The number of carbonyl (C=O) groups excluding carboxylic acids is 1. The van der Waals surface area contributed by atoms with Crippen molar-refractivity contribution in [2.45, 2.75) is 48.8 Å². The standard InChI is InChI=1S/C18H21NO4/c1-19-8-7-17-14-10-3-4-12(22-2)15(14)23-16(17)11(20)5-6-18(17,21)13(19)9-10/h3-4,13,16,21H,5-9H2,1-2H3/t13-,16?,17+,18-/m1/s1/i9D2,16D,21D. The van der Waals surface area contributed by atoms with E-state index in [-0.39, 0.29) is 24.4 Å². The molecule has 0 aromatic heterocycles. The van der Waals surface area contributed by atoms with Gasteiger partial charge in [0, 0.05) is 20.8 Å². The highest BCUT2D eigenvalue weighted by molar-refractivity contribution is 5.90. The van der Waals surface area contributed by atoms with Crippen LogP contribution in [-0.2, 0) is 16.6 Å². The summed E-state index contributed by atoms with van der Waals surface area (Å²) in [5.74, 6) is 0.253. The van der Waals surface area contributed by atoms with Crippen LogP contribution in [0.3, 0.4) is 0 Å². The van der Waals surface area contributed by atoms with Crippen LogP contribution in [0.5, 0.6) is 11.5 Å². The molecule has 2 aliphatic heterocycles. The molecule has 122 valence electrons. The van der Waals surface area contributed by atoms with Gasteiger partial charge in [0.2, 0.25) is 1.43 Å². The third kappa shape index (κ3) is 1.32. The average molecular weight is 319 g/mol. The Morgan fingerprint density at radius 2 is 2.43 bits per heavy atom. The summed E-state index contributed by atoms with van der Waals surface area (Å²) in [4.78, 5) is 14.8. The molecule has 2 bridgehead atoms. The number of rotatable bonds is 2. The van der Waals surface area contributed by atoms with Crippen LogP contribution in [0.2, 0.25) is 0 Å². The summed E-state index contributed by atoms with van der Waals surface area (Å²) in [6.07, 6.45) is -3.23. The first-order valence-corrected chi connectivity index (χ1v) is 8.00. The predicted molar refractivity (Wildman–Crippen MR) is 83.0 cm³/mol. The third-order valence-corrected chi connectivity index (χ3v) is 6.07. The molecule has 5 rings (SSSR count). The highest BCUT2D eigenvalue weighted by Gasteiger charge is 2.72. The number of likely N-dealkylation sites (tertiary alicyclic amines) is 1. The summed E-state index contributed by atoms with van der Waals surface area (Å²) < 4.78 is 46.4. The Labute approximate surface area is 140 Å². The number of hydrogen-bond acceptors (Lipinski definition) is 5. The molecule has 0 radical (unpaired) electrons. The van der Waals surface area contributed by atoms with E-state index in [9.17, 15) is 4.79 Å². The summed E-state index contributed by atoms with van der Waals surface area (Å²) in [5, 5.41) is 5.37. The van der Waals surface area contributed by atoms with Gasteiger partial charge in [-0.2, -0.15) is 0 Å². The van der Waals surface area contributed by atoms with Gasteiger partial charge in [-0.3, -0.25) is 4.79 Å². The molecule has 5 nitrogen and oxygen atoms in total. The summed E-state index contributed by atoms with van der Waals surface area (Å²) >= 11 is 0. The molecular formula is C18H21NO4. The van der Waals surface area contributed by atoms with Crippen LogP contribution in [-0.4, -0.2) is 55.6 Å². The monoisotopic (exact) mass is 319 g/mol. The van der Waals surface area contributed by atoms with Gasteiger partial charge in [0.05, 0.1) is 19.5 Å². The largest absolute Gasteiger partial charge is 0.493 e. The molecule has 1 unspecified atom stereocenters. The lowest BCUT2D eigenvalue weighted by Gasteiger charge is -2.62. The summed E-state index contributed by atoms with van der Waals surface area (Å²) in [6, 6.07) is 2.48. The van der Waals surface area contributed by atoms with Gasteiger partial charge in [0.1, 0.15) is 0 Å². The van der Waals surface area contributed by atoms with Gasteiger partial charge in [-0.05, 0) is 44.4 Å². The number of likely N-dealkylation sites (N-methyl/N-ethyl adjacent to an activating group) is 1. The Balaban J connectivity index is 1.97. The van der Waals surface area contributed by atoms with Crippen LogP contribution >= 0.6 is 0 Å². The molecule has 23 heavy (non-hydrogen) atoms. The predicted octanol–water partition coefficient (Wildman–Crippen LogP) is 1.05. The topological polar surface area (TPSA) is 59.0 Å². The van der Waals surface area contributed by atoms with Gasteiger partial charge in [0.25, 0.3) is 0 Å². The number of piperidine rings is 1. The SMILES string of the molecule is [2H]O[C@@]12CCC(=O)C3([2H])Oc4c(OC)ccc5c4[C@@]31CCN(C)[C@@H]2C5([2H])[2H]. The highest BCUT2D eigenvalue weighted by atomic mass is 16.5.